The van der Waals surface area contributed by atoms with E-state index in [1.165, 1.54) is 12.1 Å². The first-order valence-electron chi connectivity index (χ1n) is 4.13. The van der Waals surface area contributed by atoms with Crippen molar-refractivity contribution in [3.05, 3.63) is 35.6 Å². The van der Waals surface area contributed by atoms with Crippen molar-refractivity contribution < 1.29 is 9.18 Å². The van der Waals surface area contributed by atoms with Gasteiger partial charge >= 0.3 is 0 Å². The van der Waals surface area contributed by atoms with Crippen LogP contribution in [0.3, 0.4) is 0 Å². The highest BCUT2D eigenvalue weighted by Crippen LogP contribution is 2.08. The van der Waals surface area contributed by atoms with Crippen molar-refractivity contribution in [3.8, 4) is 0 Å². The smallest absolute Gasteiger partial charge is 0.182 e. The molecule has 1 rings (SSSR count). The summed E-state index contributed by atoms with van der Waals surface area (Å²) in [5.74, 6) is -0.685. The van der Waals surface area contributed by atoms with Crippen molar-refractivity contribution in [1.82, 2.24) is 5.32 Å². The van der Waals surface area contributed by atoms with Gasteiger partial charge in [0.05, 0.1) is 11.6 Å². The van der Waals surface area contributed by atoms with Gasteiger partial charge in [-0.1, -0.05) is 12.1 Å². The normalized spacial score (nSPS) is 12.5. The Morgan fingerprint density at radius 2 is 2.08 bits per heavy atom. The average molecular weight is 181 g/mol. The van der Waals surface area contributed by atoms with E-state index in [-0.39, 0.29) is 17.4 Å². The Bertz CT molecular complexity index is 312. The molecule has 0 heterocycles. The molecule has 0 spiro atoms. The number of benzene rings is 1. The summed E-state index contributed by atoms with van der Waals surface area (Å²) in [6.45, 7) is 1.70. The number of rotatable bonds is 3. The third-order valence-corrected chi connectivity index (χ3v) is 1.97. The van der Waals surface area contributed by atoms with Crippen LogP contribution < -0.4 is 5.32 Å². The lowest BCUT2D eigenvalue weighted by Crippen LogP contribution is -2.31. The van der Waals surface area contributed by atoms with Gasteiger partial charge in [-0.05, 0) is 26.1 Å². The van der Waals surface area contributed by atoms with Crippen molar-refractivity contribution in [1.29, 1.82) is 0 Å². The minimum Gasteiger partial charge on any atom is -0.310 e. The quantitative estimate of drug-likeness (QED) is 0.718. The Kier molecular flexibility index (Phi) is 3.14. The molecule has 1 N–H and O–H groups in total. The van der Waals surface area contributed by atoms with Gasteiger partial charge in [0, 0.05) is 0 Å². The Morgan fingerprint density at radius 1 is 1.46 bits per heavy atom. The van der Waals surface area contributed by atoms with E-state index in [0.29, 0.717) is 0 Å². The fourth-order valence-corrected chi connectivity index (χ4v) is 1.03. The van der Waals surface area contributed by atoms with Crippen molar-refractivity contribution in [2.24, 2.45) is 0 Å². The van der Waals surface area contributed by atoms with E-state index in [1.807, 2.05) is 0 Å². The van der Waals surface area contributed by atoms with Crippen LogP contribution in [0.15, 0.2) is 24.3 Å². The van der Waals surface area contributed by atoms with Crippen molar-refractivity contribution in [2.75, 3.05) is 7.05 Å². The summed E-state index contributed by atoms with van der Waals surface area (Å²) in [5.41, 5.74) is 0.143. The molecule has 1 unspecified atom stereocenters. The van der Waals surface area contributed by atoms with E-state index in [1.54, 1.807) is 26.1 Å². The third kappa shape index (κ3) is 2.12. The highest BCUT2D eigenvalue weighted by Gasteiger charge is 2.15. The van der Waals surface area contributed by atoms with Crippen molar-refractivity contribution in [3.63, 3.8) is 0 Å². The van der Waals surface area contributed by atoms with Gasteiger partial charge in [0.2, 0.25) is 0 Å². The van der Waals surface area contributed by atoms with E-state index in [2.05, 4.69) is 5.32 Å². The second-order valence-corrected chi connectivity index (χ2v) is 2.85. The lowest BCUT2D eigenvalue weighted by Gasteiger charge is -2.08. The summed E-state index contributed by atoms with van der Waals surface area (Å²) < 4.78 is 13.1. The predicted octanol–water partition coefficient (Wildman–Crippen LogP) is 1.62. The summed E-state index contributed by atoms with van der Waals surface area (Å²) in [5, 5.41) is 2.77. The molecule has 0 saturated heterocycles. The van der Waals surface area contributed by atoms with Crippen LogP contribution in [0.2, 0.25) is 0 Å². The summed E-state index contributed by atoms with van der Waals surface area (Å²) >= 11 is 0. The maximum Gasteiger partial charge on any atom is 0.182 e. The van der Waals surface area contributed by atoms with Crippen LogP contribution in [0, 0.1) is 5.82 Å². The molecule has 0 aromatic heterocycles. The number of carbonyl (C=O) groups excluding carboxylic acids is 1. The van der Waals surface area contributed by atoms with Crippen molar-refractivity contribution >= 4 is 5.78 Å². The molecule has 0 bridgehead atoms. The summed E-state index contributed by atoms with van der Waals surface area (Å²) in [7, 11) is 1.67. The molecule has 1 aromatic rings. The monoisotopic (exact) mass is 181 g/mol. The van der Waals surface area contributed by atoms with Gasteiger partial charge in [0.1, 0.15) is 5.82 Å². The van der Waals surface area contributed by atoms with E-state index < -0.39 is 5.82 Å². The number of nitrogens with one attached hydrogen (secondary N) is 1. The van der Waals surface area contributed by atoms with Gasteiger partial charge in [-0.2, -0.15) is 0 Å². The average Bonchev–Trinajstić information content (AvgIpc) is 2.16. The molecule has 13 heavy (non-hydrogen) atoms. The van der Waals surface area contributed by atoms with Gasteiger partial charge in [-0.3, -0.25) is 4.79 Å². The molecular formula is C10H12FNO. The predicted molar refractivity (Wildman–Crippen MR) is 49.3 cm³/mol. The Labute approximate surface area is 76.8 Å². The molecule has 0 aliphatic carbocycles. The molecule has 1 aromatic carbocycles. The van der Waals surface area contributed by atoms with Gasteiger partial charge in [-0.15, -0.1) is 0 Å². The Hall–Kier alpha value is -1.22. The molecule has 0 saturated carbocycles. The zero-order valence-corrected chi connectivity index (χ0v) is 7.67. The molecule has 0 radical (unpaired) electrons. The molecule has 0 aliphatic heterocycles. The van der Waals surface area contributed by atoms with Crippen LogP contribution in [0.1, 0.15) is 17.3 Å². The molecule has 70 valence electrons. The van der Waals surface area contributed by atoms with Gasteiger partial charge in [0.15, 0.2) is 5.78 Å². The lowest BCUT2D eigenvalue weighted by atomic mass is 10.1. The van der Waals surface area contributed by atoms with Crippen LogP contribution in [-0.4, -0.2) is 18.9 Å². The van der Waals surface area contributed by atoms with E-state index in [9.17, 15) is 9.18 Å². The van der Waals surface area contributed by atoms with Crippen LogP contribution in [0.5, 0.6) is 0 Å². The van der Waals surface area contributed by atoms with Crippen LogP contribution in [-0.2, 0) is 0 Å². The van der Waals surface area contributed by atoms with Gasteiger partial charge in [0.25, 0.3) is 0 Å². The summed E-state index contributed by atoms with van der Waals surface area (Å²) in [6.07, 6.45) is 0. The third-order valence-electron chi connectivity index (χ3n) is 1.97. The molecule has 2 nitrogen and oxygen atoms in total. The first-order chi connectivity index (χ1) is 6.16. The zero-order chi connectivity index (χ0) is 9.84. The fourth-order valence-electron chi connectivity index (χ4n) is 1.03. The summed E-state index contributed by atoms with van der Waals surface area (Å²) in [6, 6.07) is 5.65. The largest absolute Gasteiger partial charge is 0.310 e. The molecule has 0 fully saturated rings. The maximum absolute atomic E-state index is 13.1. The van der Waals surface area contributed by atoms with E-state index >= 15 is 0 Å². The topological polar surface area (TPSA) is 29.1 Å². The fraction of sp³-hybridized carbons (Fsp3) is 0.300. The SMILES string of the molecule is CNC(C)C(=O)c1ccccc1F. The van der Waals surface area contributed by atoms with Gasteiger partial charge < -0.3 is 5.32 Å². The van der Waals surface area contributed by atoms with E-state index in [0.717, 1.165) is 0 Å². The highest BCUT2D eigenvalue weighted by atomic mass is 19.1. The number of ketones is 1. The Balaban J connectivity index is 2.95. The van der Waals surface area contributed by atoms with Gasteiger partial charge in [-0.25, -0.2) is 4.39 Å². The molecule has 0 aliphatic rings. The second-order valence-electron chi connectivity index (χ2n) is 2.85. The molecule has 0 amide bonds. The standard InChI is InChI=1S/C10H12FNO/c1-7(12-2)10(13)8-5-3-4-6-9(8)11/h3-7,12H,1-2H3. The minimum atomic E-state index is -0.463. The summed E-state index contributed by atoms with van der Waals surface area (Å²) in [4.78, 5) is 11.5. The molecule has 1 atom stereocenters. The number of likely N-dealkylation sites (N-methyl/N-ethyl adjacent to an activating group) is 1. The van der Waals surface area contributed by atoms with E-state index in [4.69, 9.17) is 0 Å². The maximum atomic E-state index is 13.1. The molecular weight excluding hydrogens is 169 g/mol. The molecule has 3 heteroatoms. The van der Waals surface area contributed by atoms with Crippen molar-refractivity contribution in [2.45, 2.75) is 13.0 Å². The highest BCUT2D eigenvalue weighted by molar-refractivity contribution is 6.00. The number of carbonyl (C=O) groups is 1. The van der Waals surface area contributed by atoms with Crippen LogP contribution >= 0.6 is 0 Å². The van der Waals surface area contributed by atoms with Crippen LogP contribution in [0.25, 0.3) is 0 Å². The van der Waals surface area contributed by atoms with Crippen LogP contribution in [0.4, 0.5) is 4.39 Å². The number of Topliss-reactive ketones (excluding diaryl/α,β-unsaturated/α-hetero) is 1. The lowest BCUT2D eigenvalue weighted by molar-refractivity contribution is 0.0951. The minimum absolute atomic E-state index is 0.143. The number of hydrogen-bond acceptors (Lipinski definition) is 2. The number of halogens is 1. The first kappa shape index (κ1) is 9.86. The zero-order valence-electron chi connectivity index (χ0n) is 7.67. The number of hydrogen-bond donors (Lipinski definition) is 1. The first-order valence-corrected chi connectivity index (χ1v) is 4.13. The Morgan fingerprint density at radius 3 is 2.62 bits per heavy atom. The second kappa shape index (κ2) is 4.14.